The Bertz CT molecular complexity index is 993. The molecule has 9 heteroatoms. The molecule has 9 nitrogen and oxygen atoms in total. The van der Waals surface area contributed by atoms with Crippen molar-refractivity contribution >= 4 is 23.0 Å². The molecule has 1 heterocycles. The van der Waals surface area contributed by atoms with Crippen LogP contribution in [0, 0.1) is 0 Å². The zero-order valence-electron chi connectivity index (χ0n) is 17.5. The van der Waals surface area contributed by atoms with Crippen molar-refractivity contribution in [3.8, 4) is 5.75 Å². The third-order valence-electron chi connectivity index (χ3n) is 4.53. The van der Waals surface area contributed by atoms with Crippen LogP contribution in [0.15, 0.2) is 27.8 Å². The number of rotatable bonds is 8. The van der Waals surface area contributed by atoms with E-state index in [1.807, 2.05) is 13.8 Å². The minimum absolute atomic E-state index is 0.0169. The zero-order chi connectivity index (χ0) is 21.7. The average Bonchev–Trinajstić information content (AvgIpc) is 2.68. The van der Waals surface area contributed by atoms with Gasteiger partial charge in [-0.3, -0.25) is 19.5 Å². The third-order valence-corrected chi connectivity index (χ3v) is 4.53. The number of carbonyl (C=O) groups is 1. The highest BCUT2D eigenvalue weighted by atomic mass is 16.3. The van der Waals surface area contributed by atoms with E-state index in [4.69, 9.17) is 0 Å². The van der Waals surface area contributed by atoms with Crippen LogP contribution in [-0.2, 0) is 6.54 Å². The van der Waals surface area contributed by atoms with Crippen LogP contribution in [0.3, 0.4) is 0 Å². The molecule has 0 saturated carbocycles. The van der Waals surface area contributed by atoms with E-state index >= 15 is 0 Å². The number of nitrogens with zero attached hydrogens (tertiary/aromatic N) is 2. The molecule has 0 aliphatic rings. The standard InChI is InChI=1S/C20H29N5O4/c1-6-9-12(3)21-15-16(20(29)25(7-2)23-18(15)27)22-14-11-8-10-13(17(14)26)19(28)24(4)5/h8,10-12,21-22,26H,6-7,9H2,1-5H3,(H,23,27). The van der Waals surface area contributed by atoms with Crippen LogP contribution in [0.4, 0.5) is 17.1 Å². The Balaban J connectivity index is 2.58. The van der Waals surface area contributed by atoms with Crippen molar-refractivity contribution in [2.45, 2.75) is 46.2 Å². The second-order valence-electron chi connectivity index (χ2n) is 7.10. The molecule has 2 rings (SSSR count). The van der Waals surface area contributed by atoms with E-state index in [1.165, 1.54) is 21.7 Å². The molecular weight excluding hydrogens is 374 g/mol. The molecule has 4 N–H and O–H groups in total. The topological polar surface area (TPSA) is 119 Å². The first kappa shape index (κ1) is 22.1. The molecule has 158 valence electrons. The first-order chi connectivity index (χ1) is 13.7. The lowest BCUT2D eigenvalue weighted by Gasteiger charge is -2.19. The summed E-state index contributed by atoms with van der Waals surface area (Å²) in [5.74, 6) is -0.667. The quantitative estimate of drug-likeness (QED) is 0.502. The molecule has 1 aromatic carbocycles. The van der Waals surface area contributed by atoms with E-state index < -0.39 is 11.1 Å². The van der Waals surface area contributed by atoms with Gasteiger partial charge in [-0.2, -0.15) is 0 Å². The molecule has 0 spiro atoms. The summed E-state index contributed by atoms with van der Waals surface area (Å²) < 4.78 is 1.19. The predicted octanol–water partition coefficient (Wildman–Crippen LogP) is 2.31. The van der Waals surface area contributed by atoms with Crippen LogP contribution >= 0.6 is 0 Å². The fourth-order valence-electron chi connectivity index (χ4n) is 3.01. The Labute approximate surface area is 169 Å². The summed E-state index contributed by atoms with van der Waals surface area (Å²) in [6, 6.07) is 4.59. The Morgan fingerprint density at radius 1 is 1.24 bits per heavy atom. The van der Waals surface area contributed by atoms with Gasteiger partial charge in [0.15, 0.2) is 5.75 Å². The fraction of sp³-hybridized carbons (Fsp3) is 0.450. The Kier molecular flexibility index (Phi) is 7.08. The van der Waals surface area contributed by atoms with Gasteiger partial charge in [0, 0.05) is 26.7 Å². The largest absolute Gasteiger partial charge is 0.505 e. The lowest BCUT2D eigenvalue weighted by molar-refractivity contribution is 0.0824. The maximum atomic E-state index is 12.9. The van der Waals surface area contributed by atoms with Gasteiger partial charge in [0.2, 0.25) is 0 Å². The monoisotopic (exact) mass is 403 g/mol. The van der Waals surface area contributed by atoms with Gasteiger partial charge in [0.25, 0.3) is 17.0 Å². The van der Waals surface area contributed by atoms with Gasteiger partial charge in [0.1, 0.15) is 11.4 Å². The van der Waals surface area contributed by atoms with Crippen molar-refractivity contribution in [3.63, 3.8) is 0 Å². The molecule has 1 amide bonds. The summed E-state index contributed by atoms with van der Waals surface area (Å²) in [6.45, 7) is 5.97. The number of aromatic hydroxyl groups is 1. The molecule has 0 radical (unpaired) electrons. The van der Waals surface area contributed by atoms with E-state index in [9.17, 15) is 19.5 Å². The van der Waals surface area contributed by atoms with Gasteiger partial charge >= 0.3 is 0 Å². The van der Waals surface area contributed by atoms with Gasteiger partial charge < -0.3 is 20.6 Å². The number of phenols is 1. The lowest BCUT2D eigenvalue weighted by atomic mass is 10.1. The van der Waals surface area contributed by atoms with Crippen molar-refractivity contribution in [2.75, 3.05) is 24.7 Å². The van der Waals surface area contributed by atoms with Crippen LogP contribution in [0.2, 0.25) is 0 Å². The molecule has 0 bridgehead atoms. The van der Waals surface area contributed by atoms with Crippen LogP contribution < -0.4 is 21.8 Å². The third kappa shape index (κ3) is 4.79. The van der Waals surface area contributed by atoms with Gasteiger partial charge in [-0.15, -0.1) is 0 Å². The highest BCUT2D eigenvalue weighted by Gasteiger charge is 2.20. The Morgan fingerprint density at radius 3 is 2.52 bits per heavy atom. The fourth-order valence-corrected chi connectivity index (χ4v) is 3.01. The minimum Gasteiger partial charge on any atom is -0.505 e. The van der Waals surface area contributed by atoms with Crippen molar-refractivity contribution in [1.82, 2.24) is 14.7 Å². The van der Waals surface area contributed by atoms with Crippen molar-refractivity contribution in [3.05, 3.63) is 44.5 Å². The SMILES string of the molecule is CCCC(C)Nc1c(Nc2cccc(C(=O)N(C)C)c2O)c(=O)n(CC)[nH]c1=O. The number of phenolic OH excluding ortho intramolecular Hbond substituents is 1. The zero-order valence-corrected chi connectivity index (χ0v) is 17.5. The van der Waals surface area contributed by atoms with Gasteiger partial charge in [-0.05, 0) is 32.4 Å². The molecule has 0 fully saturated rings. The number of hydrogen-bond donors (Lipinski definition) is 4. The number of para-hydroxylation sites is 1. The number of nitrogens with one attached hydrogen (secondary N) is 3. The lowest BCUT2D eigenvalue weighted by Crippen LogP contribution is -2.34. The van der Waals surface area contributed by atoms with Gasteiger partial charge in [-0.25, -0.2) is 4.68 Å². The number of H-pyrrole nitrogens is 1. The van der Waals surface area contributed by atoms with E-state index in [1.54, 1.807) is 27.1 Å². The predicted molar refractivity (Wildman–Crippen MR) is 114 cm³/mol. The molecule has 0 aliphatic carbocycles. The van der Waals surface area contributed by atoms with Crippen molar-refractivity contribution < 1.29 is 9.90 Å². The molecule has 2 aromatic rings. The molecule has 1 unspecified atom stereocenters. The van der Waals surface area contributed by atoms with E-state index in [-0.39, 0.29) is 46.9 Å². The highest BCUT2D eigenvalue weighted by Crippen LogP contribution is 2.31. The first-order valence-electron chi connectivity index (χ1n) is 9.65. The molecule has 1 aromatic heterocycles. The summed E-state index contributed by atoms with van der Waals surface area (Å²) in [4.78, 5) is 39.1. The number of aryl methyl sites for hydroxylation is 1. The normalized spacial score (nSPS) is 11.8. The van der Waals surface area contributed by atoms with Gasteiger partial charge in [0.05, 0.1) is 11.3 Å². The summed E-state index contributed by atoms with van der Waals surface area (Å²) in [7, 11) is 3.16. The second kappa shape index (κ2) is 9.31. The molecule has 29 heavy (non-hydrogen) atoms. The van der Waals surface area contributed by atoms with Crippen LogP contribution in [0.25, 0.3) is 0 Å². The van der Waals surface area contributed by atoms with Crippen molar-refractivity contribution in [2.24, 2.45) is 0 Å². The summed E-state index contributed by atoms with van der Waals surface area (Å²) in [5, 5.41) is 19.1. The van der Waals surface area contributed by atoms with E-state index in [0.29, 0.717) is 0 Å². The Hall–Kier alpha value is -3.23. The number of benzene rings is 1. The molecule has 0 aliphatic heterocycles. The summed E-state index contributed by atoms with van der Waals surface area (Å²) >= 11 is 0. The second-order valence-corrected chi connectivity index (χ2v) is 7.10. The summed E-state index contributed by atoms with van der Waals surface area (Å²) in [6.07, 6.45) is 1.73. The van der Waals surface area contributed by atoms with Crippen LogP contribution in [0.1, 0.15) is 44.0 Å². The van der Waals surface area contributed by atoms with E-state index in [0.717, 1.165) is 12.8 Å². The smallest absolute Gasteiger partial charge is 0.291 e. The number of aromatic amines is 1. The summed E-state index contributed by atoms with van der Waals surface area (Å²) in [5.41, 5.74) is -0.518. The van der Waals surface area contributed by atoms with Crippen LogP contribution in [0.5, 0.6) is 5.75 Å². The highest BCUT2D eigenvalue weighted by molar-refractivity contribution is 5.98. The maximum Gasteiger partial charge on any atom is 0.291 e. The van der Waals surface area contributed by atoms with Crippen LogP contribution in [-0.4, -0.2) is 45.8 Å². The number of carbonyl (C=O) groups excluding carboxylic acids is 1. The average molecular weight is 403 g/mol. The Morgan fingerprint density at radius 2 is 1.93 bits per heavy atom. The number of anilines is 3. The number of hydrogen-bond acceptors (Lipinski definition) is 6. The molecular formula is C20H29N5O4. The molecule has 1 atom stereocenters. The van der Waals surface area contributed by atoms with Gasteiger partial charge in [-0.1, -0.05) is 19.4 Å². The van der Waals surface area contributed by atoms with Crippen molar-refractivity contribution in [1.29, 1.82) is 0 Å². The minimum atomic E-state index is -0.447. The first-order valence-corrected chi connectivity index (χ1v) is 9.65. The van der Waals surface area contributed by atoms with E-state index in [2.05, 4.69) is 15.7 Å². The maximum absolute atomic E-state index is 12.9. The number of amides is 1. The molecule has 0 saturated heterocycles. The number of aromatic nitrogens is 2.